The standard InChI is InChI=1S/C20H14BrN3O5/c21-16-11-15(24(27)28)8-9-17(16)23-19(25)18(13-5-2-1-3-6-13)29-20(26)14-7-4-10-22-12-14/h1-12,18H,(H,23,25). The summed E-state index contributed by atoms with van der Waals surface area (Å²) in [5.74, 6) is -1.31. The van der Waals surface area contributed by atoms with Gasteiger partial charge in [-0.3, -0.25) is 19.9 Å². The van der Waals surface area contributed by atoms with Crippen LogP contribution in [-0.4, -0.2) is 21.8 Å². The fourth-order valence-corrected chi connectivity index (χ4v) is 2.94. The molecule has 0 radical (unpaired) electrons. The third-order valence-electron chi connectivity index (χ3n) is 3.88. The highest BCUT2D eigenvalue weighted by Gasteiger charge is 2.26. The van der Waals surface area contributed by atoms with Crippen molar-refractivity contribution in [3.8, 4) is 0 Å². The Kier molecular flexibility index (Phi) is 6.30. The third-order valence-corrected chi connectivity index (χ3v) is 4.54. The number of amides is 1. The highest BCUT2D eigenvalue weighted by Crippen LogP contribution is 2.29. The molecule has 29 heavy (non-hydrogen) atoms. The molecule has 0 fully saturated rings. The van der Waals surface area contributed by atoms with Crippen LogP contribution < -0.4 is 5.32 Å². The number of carbonyl (C=O) groups is 2. The molecule has 0 aliphatic heterocycles. The van der Waals surface area contributed by atoms with Crippen molar-refractivity contribution in [1.82, 2.24) is 4.98 Å². The predicted octanol–water partition coefficient (Wildman–Crippen LogP) is 4.29. The monoisotopic (exact) mass is 455 g/mol. The van der Waals surface area contributed by atoms with E-state index in [4.69, 9.17) is 4.74 Å². The number of nitro groups is 1. The first-order chi connectivity index (χ1) is 14.0. The maximum Gasteiger partial charge on any atom is 0.340 e. The second-order valence-corrected chi connectivity index (χ2v) is 6.70. The van der Waals surface area contributed by atoms with Gasteiger partial charge in [-0.1, -0.05) is 30.3 Å². The van der Waals surface area contributed by atoms with Gasteiger partial charge in [-0.2, -0.15) is 0 Å². The molecule has 3 rings (SSSR count). The molecule has 2 aromatic carbocycles. The van der Waals surface area contributed by atoms with E-state index < -0.39 is 22.9 Å². The Morgan fingerprint density at radius 2 is 1.86 bits per heavy atom. The molecule has 8 nitrogen and oxygen atoms in total. The zero-order valence-electron chi connectivity index (χ0n) is 14.8. The van der Waals surface area contributed by atoms with Gasteiger partial charge in [-0.15, -0.1) is 0 Å². The Bertz CT molecular complexity index is 1040. The number of benzene rings is 2. The van der Waals surface area contributed by atoms with Crippen LogP contribution in [0.25, 0.3) is 0 Å². The highest BCUT2D eigenvalue weighted by atomic mass is 79.9. The van der Waals surface area contributed by atoms with Gasteiger partial charge in [-0.25, -0.2) is 4.79 Å². The van der Waals surface area contributed by atoms with Gasteiger partial charge in [0.05, 0.1) is 16.2 Å². The van der Waals surface area contributed by atoms with Gasteiger partial charge in [0.1, 0.15) is 0 Å². The number of hydrogen-bond donors (Lipinski definition) is 1. The van der Waals surface area contributed by atoms with Crippen LogP contribution in [0.2, 0.25) is 0 Å². The predicted molar refractivity (Wildman–Crippen MR) is 108 cm³/mol. The molecule has 0 spiro atoms. The van der Waals surface area contributed by atoms with Crippen LogP contribution in [-0.2, 0) is 9.53 Å². The van der Waals surface area contributed by atoms with E-state index in [0.29, 0.717) is 15.7 Å². The van der Waals surface area contributed by atoms with Gasteiger partial charge in [0.2, 0.25) is 6.10 Å². The normalized spacial score (nSPS) is 11.3. The van der Waals surface area contributed by atoms with Crippen LogP contribution in [0, 0.1) is 10.1 Å². The zero-order chi connectivity index (χ0) is 20.8. The number of aromatic nitrogens is 1. The quantitative estimate of drug-likeness (QED) is 0.337. The second kappa shape index (κ2) is 9.07. The Labute approximate surface area is 173 Å². The molecular formula is C20H14BrN3O5. The maximum atomic E-state index is 12.9. The number of nitro benzene ring substituents is 1. The average molecular weight is 456 g/mol. The van der Waals surface area contributed by atoms with Crippen molar-refractivity contribution in [3.05, 3.63) is 98.8 Å². The van der Waals surface area contributed by atoms with E-state index in [0.717, 1.165) is 0 Å². The number of halogens is 1. The van der Waals surface area contributed by atoms with E-state index in [1.807, 2.05) is 0 Å². The Morgan fingerprint density at radius 3 is 2.48 bits per heavy atom. The van der Waals surface area contributed by atoms with Crippen LogP contribution >= 0.6 is 15.9 Å². The Morgan fingerprint density at radius 1 is 1.10 bits per heavy atom. The number of rotatable bonds is 6. The molecule has 1 heterocycles. The molecular weight excluding hydrogens is 442 g/mol. The summed E-state index contributed by atoms with van der Waals surface area (Å²) in [7, 11) is 0. The number of nitrogens with one attached hydrogen (secondary N) is 1. The molecule has 1 amide bonds. The molecule has 9 heteroatoms. The molecule has 0 saturated carbocycles. The smallest absolute Gasteiger partial charge is 0.340 e. The van der Waals surface area contributed by atoms with E-state index >= 15 is 0 Å². The number of carbonyl (C=O) groups excluding carboxylic acids is 2. The van der Waals surface area contributed by atoms with Gasteiger partial charge in [0.15, 0.2) is 0 Å². The van der Waals surface area contributed by atoms with Gasteiger partial charge >= 0.3 is 5.97 Å². The van der Waals surface area contributed by atoms with Crippen LogP contribution in [0.1, 0.15) is 22.0 Å². The van der Waals surface area contributed by atoms with Crippen LogP contribution in [0.4, 0.5) is 11.4 Å². The minimum Gasteiger partial charge on any atom is -0.444 e. The number of ether oxygens (including phenoxy) is 1. The van der Waals surface area contributed by atoms with Crippen molar-refractivity contribution in [1.29, 1.82) is 0 Å². The summed E-state index contributed by atoms with van der Waals surface area (Å²) < 4.78 is 5.77. The average Bonchev–Trinajstić information content (AvgIpc) is 2.74. The molecule has 0 aliphatic rings. The minimum atomic E-state index is -1.23. The molecule has 1 aromatic heterocycles. The Balaban J connectivity index is 1.85. The number of anilines is 1. The molecule has 3 aromatic rings. The second-order valence-electron chi connectivity index (χ2n) is 5.85. The lowest BCUT2D eigenvalue weighted by molar-refractivity contribution is -0.384. The van der Waals surface area contributed by atoms with Crippen molar-refractivity contribution in [2.75, 3.05) is 5.32 Å². The van der Waals surface area contributed by atoms with Crippen molar-refractivity contribution in [3.63, 3.8) is 0 Å². The summed E-state index contributed by atoms with van der Waals surface area (Å²) in [6.07, 6.45) is 1.63. The van der Waals surface area contributed by atoms with Gasteiger partial charge in [-0.05, 0) is 34.1 Å². The number of nitrogens with zero attached hydrogens (tertiary/aromatic N) is 2. The summed E-state index contributed by atoms with van der Waals surface area (Å²) in [4.78, 5) is 39.5. The van der Waals surface area contributed by atoms with Crippen LogP contribution in [0.3, 0.4) is 0 Å². The van der Waals surface area contributed by atoms with Crippen LogP contribution in [0.5, 0.6) is 0 Å². The van der Waals surface area contributed by atoms with Gasteiger partial charge < -0.3 is 10.1 Å². The molecule has 1 N–H and O–H groups in total. The maximum absolute atomic E-state index is 12.9. The van der Waals surface area contributed by atoms with Crippen molar-refractivity contribution in [2.24, 2.45) is 0 Å². The molecule has 1 atom stereocenters. The molecule has 146 valence electrons. The third kappa shape index (κ3) is 5.02. The first-order valence-corrected chi connectivity index (χ1v) is 9.16. The van der Waals surface area contributed by atoms with Gasteiger partial charge in [0, 0.05) is 34.6 Å². The fourth-order valence-electron chi connectivity index (χ4n) is 2.48. The first-order valence-electron chi connectivity index (χ1n) is 8.36. The summed E-state index contributed by atoms with van der Waals surface area (Å²) in [5.41, 5.74) is 0.856. The molecule has 0 saturated heterocycles. The topological polar surface area (TPSA) is 111 Å². The fraction of sp³-hybridized carbons (Fsp3) is 0.0500. The molecule has 0 aliphatic carbocycles. The minimum absolute atomic E-state index is 0.127. The largest absolute Gasteiger partial charge is 0.444 e. The van der Waals surface area contributed by atoms with E-state index in [1.54, 1.807) is 36.4 Å². The van der Waals surface area contributed by atoms with Crippen molar-refractivity contribution in [2.45, 2.75) is 6.10 Å². The van der Waals surface area contributed by atoms with E-state index in [-0.39, 0.29) is 11.3 Å². The Hall–Kier alpha value is -3.59. The molecule has 0 bridgehead atoms. The van der Waals surface area contributed by atoms with E-state index in [2.05, 4.69) is 26.2 Å². The highest BCUT2D eigenvalue weighted by molar-refractivity contribution is 9.10. The van der Waals surface area contributed by atoms with Crippen molar-refractivity contribution < 1.29 is 19.2 Å². The van der Waals surface area contributed by atoms with E-state index in [9.17, 15) is 19.7 Å². The molecule has 1 unspecified atom stereocenters. The number of non-ortho nitro benzene ring substituents is 1. The number of hydrogen-bond acceptors (Lipinski definition) is 6. The first kappa shape index (κ1) is 20.2. The lowest BCUT2D eigenvalue weighted by Gasteiger charge is -2.18. The van der Waals surface area contributed by atoms with Crippen molar-refractivity contribution >= 4 is 39.2 Å². The van der Waals surface area contributed by atoms with E-state index in [1.165, 1.54) is 36.7 Å². The number of esters is 1. The summed E-state index contributed by atoms with van der Waals surface area (Å²) in [6.45, 7) is 0. The summed E-state index contributed by atoms with van der Waals surface area (Å²) in [6, 6.07) is 15.6. The lowest BCUT2D eigenvalue weighted by Crippen LogP contribution is -2.26. The lowest BCUT2D eigenvalue weighted by atomic mass is 10.1. The zero-order valence-corrected chi connectivity index (χ0v) is 16.4. The SMILES string of the molecule is O=C(OC(C(=O)Nc1ccc([N+](=O)[O-])cc1Br)c1ccccc1)c1cccnc1. The van der Waals surface area contributed by atoms with Crippen LogP contribution in [0.15, 0.2) is 77.5 Å². The summed E-state index contributed by atoms with van der Waals surface area (Å²) in [5, 5.41) is 13.5. The number of pyridine rings is 1. The summed E-state index contributed by atoms with van der Waals surface area (Å²) >= 11 is 3.20. The van der Waals surface area contributed by atoms with Gasteiger partial charge in [0.25, 0.3) is 11.6 Å².